The first-order chi connectivity index (χ1) is 12.0. The van der Waals surface area contributed by atoms with Crippen molar-refractivity contribution in [1.29, 1.82) is 0 Å². The lowest BCUT2D eigenvalue weighted by Gasteiger charge is -2.23. The molecule has 3 rings (SSSR count). The van der Waals surface area contributed by atoms with Crippen molar-refractivity contribution in [1.82, 2.24) is 9.88 Å². The van der Waals surface area contributed by atoms with Crippen LogP contribution in [-0.2, 0) is 4.79 Å². The van der Waals surface area contributed by atoms with Crippen LogP contribution in [0.1, 0.15) is 17.5 Å². The maximum Gasteiger partial charge on any atom is 0.246 e. The number of nitrogens with one attached hydrogen (secondary N) is 1. The Morgan fingerprint density at radius 3 is 2.32 bits per heavy atom. The Kier molecular flexibility index (Phi) is 4.95. The fraction of sp³-hybridized carbons (Fsp3) is 0.200. The predicted molar refractivity (Wildman–Crippen MR) is 98.2 cm³/mol. The highest BCUT2D eigenvalue weighted by Gasteiger charge is 2.22. The summed E-state index contributed by atoms with van der Waals surface area (Å²) in [5.74, 6) is 1.27. The molecular formula is C20H21N3O2. The molecule has 5 nitrogen and oxygen atoms in total. The Bertz CT molecular complexity index is 839. The molecule has 0 radical (unpaired) electrons. The Balaban J connectivity index is 1.75. The monoisotopic (exact) mass is 335 g/mol. The quantitative estimate of drug-likeness (QED) is 0.768. The van der Waals surface area contributed by atoms with E-state index in [-0.39, 0.29) is 11.9 Å². The van der Waals surface area contributed by atoms with E-state index in [0.29, 0.717) is 11.7 Å². The van der Waals surface area contributed by atoms with Gasteiger partial charge in [0.15, 0.2) is 11.7 Å². The third-order valence-corrected chi connectivity index (χ3v) is 3.94. The molecule has 0 bridgehead atoms. The fourth-order valence-electron chi connectivity index (χ4n) is 2.74. The number of nitrogens with zero attached hydrogens (tertiary/aromatic N) is 2. The number of carbonyl (C=O) groups is 1. The molecule has 3 aromatic rings. The van der Waals surface area contributed by atoms with E-state index in [0.717, 1.165) is 16.8 Å². The number of benzene rings is 2. The summed E-state index contributed by atoms with van der Waals surface area (Å²) in [4.78, 5) is 18.7. The van der Waals surface area contributed by atoms with Crippen molar-refractivity contribution in [3.05, 3.63) is 72.2 Å². The minimum Gasteiger partial charge on any atom is -0.441 e. The molecule has 1 aromatic heterocycles. The molecule has 0 fully saturated rings. The van der Waals surface area contributed by atoms with Crippen molar-refractivity contribution >= 4 is 11.6 Å². The second-order valence-electron chi connectivity index (χ2n) is 6.09. The van der Waals surface area contributed by atoms with Crippen molar-refractivity contribution < 1.29 is 9.21 Å². The van der Waals surface area contributed by atoms with Gasteiger partial charge in [-0.2, -0.15) is 0 Å². The van der Waals surface area contributed by atoms with Crippen LogP contribution >= 0.6 is 0 Å². The van der Waals surface area contributed by atoms with Crippen molar-refractivity contribution in [2.75, 3.05) is 19.4 Å². The Morgan fingerprint density at radius 1 is 1.08 bits per heavy atom. The molecule has 0 aliphatic heterocycles. The summed E-state index contributed by atoms with van der Waals surface area (Å²) in [5.41, 5.74) is 2.62. The van der Waals surface area contributed by atoms with Gasteiger partial charge in [-0.05, 0) is 43.9 Å². The Labute approximate surface area is 147 Å². The van der Waals surface area contributed by atoms with Crippen molar-refractivity contribution in [3.8, 4) is 11.3 Å². The fourth-order valence-corrected chi connectivity index (χ4v) is 2.74. The van der Waals surface area contributed by atoms with Crippen LogP contribution in [0.25, 0.3) is 11.3 Å². The van der Waals surface area contributed by atoms with Crippen LogP contribution in [-0.4, -0.2) is 29.9 Å². The molecule has 1 heterocycles. The maximum absolute atomic E-state index is 12.7. The van der Waals surface area contributed by atoms with Crippen LogP contribution in [0.2, 0.25) is 0 Å². The average Bonchev–Trinajstić information content (AvgIpc) is 3.03. The zero-order valence-electron chi connectivity index (χ0n) is 14.6. The Hall–Kier alpha value is -2.92. The normalized spacial score (nSPS) is 12.2. The molecular weight excluding hydrogens is 314 g/mol. The van der Waals surface area contributed by atoms with Crippen LogP contribution in [0.4, 0.5) is 5.69 Å². The molecule has 1 atom stereocenters. The standard InChI is InChI=1S/C20H21N3O2/c1-14-21-13-18(25-14)15-9-11-17(12-10-15)22-20(24)19(23(2)3)16-7-5-4-6-8-16/h4-13,19H,1-3H3,(H,22,24)/t19-/m0/s1. The van der Waals surface area contributed by atoms with Crippen LogP contribution in [0.5, 0.6) is 0 Å². The largest absolute Gasteiger partial charge is 0.441 e. The third kappa shape index (κ3) is 3.95. The molecule has 0 spiro atoms. The van der Waals surface area contributed by atoms with Gasteiger partial charge in [-0.1, -0.05) is 30.3 Å². The summed E-state index contributed by atoms with van der Waals surface area (Å²) in [6.45, 7) is 1.81. The molecule has 0 unspecified atom stereocenters. The minimum absolute atomic E-state index is 0.0699. The number of anilines is 1. The molecule has 1 N–H and O–H groups in total. The summed E-state index contributed by atoms with van der Waals surface area (Å²) in [5, 5.41) is 2.98. The summed E-state index contributed by atoms with van der Waals surface area (Å²) in [6, 6.07) is 16.9. The van der Waals surface area contributed by atoms with Gasteiger partial charge in [0, 0.05) is 18.2 Å². The van der Waals surface area contributed by atoms with Crippen molar-refractivity contribution in [3.63, 3.8) is 0 Å². The lowest BCUT2D eigenvalue weighted by molar-refractivity contribution is -0.120. The number of aryl methyl sites for hydroxylation is 1. The van der Waals surface area contributed by atoms with Crippen LogP contribution < -0.4 is 5.32 Å². The van der Waals surface area contributed by atoms with Crippen LogP contribution in [0.15, 0.2) is 65.2 Å². The number of hydrogen-bond donors (Lipinski definition) is 1. The summed E-state index contributed by atoms with van der Waals surface area (Å²) in [7, 11) is 3.79. The van der Waals surface area contributed by atoms with Gasteiger partial charge in [0.2, 0.25) is 5.91 Å². The molecule has 0 aliphatic carbocycles. The molecule has 25 heavy (non-hydrogen) atoms. The molecule has 5 heteroatoms. The SMILES string of the molecule is Cc1ncc(-c2ccc(NC(=O)[C@H](c3ccccc3)N(C)C)cc2)o1. The van der Waals surface area contributed by atoms with Crippen LogP contribution in [0.3, 0.4) is 0 Å². The number of oxazole rings is 1. The van der Waals surface area contributed by atoms with Gasteiger partial charge in [-0.3, -0.25) is 9.69 Å². The van der Waals surface area contributed by atoms with E-state index in [4.69, 9.17) is 4.42 Å². The summed E-state index contributed by atoms with van der Waals surface area (Å²) >= 11 is 0. The predicted octanol–water partition coefficient (Wildman–Crippen LogP) is 3.89. The Morgan fingerprint density at radius 2 is 1.76 bits per heavy atom. The van der Waals surface area contributed by atoms with Crippen LogP contribution in [0, 0.1) is 6.92 Å². The van der Waals surface area contributed by atoms with E-state index in [1.165, 1.54) is 0 Å². The first-order valence-electron chi connectivity index (χ1n) is 8.09. The second kappa shape index (κ2) is 7.32. The van der Waals surface area contributed by atoms with Gasteiger partial charge in [-0.15, -0.1) is 0 Å². The number of likely N-dealkylation sites (N-methyl/N-ethyl adjacent to an activating group) is 1. The summed E-state index contributed by atoms with van der Waals surface area (Å²) < 4.78 is 5.51. The van der Waals surface area contributed by atoms with Gasteiger partial charge in [0.25, 0.3) is 0 Å². The lowest BCUT2D eigenvalue weighted by Crippen LogP contribution is -2.32. The minimum atomic E-state index is -0.349. The zero-order valence-corrected chi connectivity index (χ0v) is 14.6. The van der Waals surface area contributed by atoms with E-state index < -0.39 is 0 Å². The molecule has 1 amide bonds. The highest BCUT2D eigenvalue weighted by Crippen LogP contribution is 2.24. The number of aromatic nitrogens is 1. The van der Waals surface area contributed by atoms with Gasteiger partial charge < -0.3 is 9.73 Å². The van der Waals surface area contributed by atoms with E-state index >= 15 is 0 Å². The smallest absolute Gasteiger partial charge is 0.246 e. The second-order valence-corrected chi connectivity index (χ2v) is 6.09. The lowest BCUT2D eigenvalue weighted by atomic mass is 10.1. The van der Waals surface area contributed by atoms with Gasteiger partial charge in [-0.25, -0.2) is 4.98 Å². The van der Waals surface area contributed by atoms with E-state index in [1.54, 1.807) is 6.20 Å². The molecule has 0 aliphatic rings. The number of amides is 1. The van der Waals surface area contributed by atoms with E-state index in [9.17, 15) is 4.79 Å². The van der Waals surface area contributed by atoms with Gasteiger partial charge >= 0.3 is 0 Å². The van der Waals surface area contributed by atoms with Gasteiger partial charge in [0.1, 0.15) is 6.04 Å². The highest BCUT2D eigenvalue weighted by molar-refractivity contribution is 5.95. The van der Waals surface area contributed by atoms with Gasteiger partial charge in [0.05, 0.1) is 6.20 Å². The first kappa shape index (κ1) is 16.9. The molecule has 0 saturated carbocycles. The number of hydrogen-bond acceptors (Lipinski definition) is 4. The molecule has 128 valence electrons. The zero-order chi connectivity index (χ0) is 17.8. The first-order valence-corrected chi connectivity index (χ1v) is 8.09. The number of carbonyl (C=O) groups excluding carboxylic acids is 1. The molecule has 0 saturated heterocycles. The van der Waals surface area contributed by atoms with Crippen molar-refractivity contribution in [2.45, 2.75) is 13.0 Å². The summed E-state index contributed by atoms with van der Waals surface area (Å²) in [6.07, 6.45) is 1.69. The van der Waals surface area contributed by atoms with E-state index in [2.05, 4.69) is 10.3 Å². The molecule has 2 aromatic carbocycles. The average molecular weight is 335 g/mol. The highest BCUT2D eigenvalue weighted by atomic mass is 16.4. The number of rotatable bonds is 5. The maximum atomic E-state index is 12.7. The third-order valence-electron chi connectivity index (χ3n) is 3.94. The topological polar surface area (TPSA) is 58.4 Å². The van der Waals surface area contributed by atoms with Crippen molar-refractivity contribution in [2.24, 2.45) is 0 Å². The van der Waals surface area contributed by atoms with E-state index in [1.807, 2.05) is 80.5 Å².